The number of anilines is 1. The lowest BCUT2D eigenvalue weighted by molar-refractivity contribution is -0.122. The minimum atomic E-state index is -0.465. The SMILES string of the molecule is CC(C)c1ccc(NC(=O)C[C@H]2S/C(=N/N=C3CCCC3)NC2=O)cc1. The molecule has 1 atom stereocenters. The van der Waals surface area contributed by atoms with Gasteiger partial charge in [0.05, 0.1) is 0 Å². The van der Waals surface area contributed by atoms with Crippen LogP contribution in [-0.2, 0) is 9.59 Å². The largest absolute Gasteiger partial charge is 0.326 e. The third-order valence-electron chi connectivity index (χ3n) is 4.47. The number of carbonyl (C=O) groups is 2. The van der Waals surface area contributed by atoms with Gasteiger partial charge >= 0.3 is 0 Å². The normalized spacial score (nSPS) is 21.3. The highest BCUT2D eigenvalue weighted by molar-refractivity contribution is 8.15. The number of thioether (sulfide) groups is 1. The van der Waals surface area contributed by atoms with Crippen LogP contribution in [0.3, 0.4) is 0 Å². The fourth-order valence-electron chi connectivity index (χ4n) is 2.92. The maximum atomic E-state index is 12.2. The minimum Gasteiger partial charge on any atom is -0.326 e. The highest BCUT2D eigenvalue weighted by atomic mass is 32.2. The van der Waals surface area contributed by atoms with E-state index < -0.39 is 5.25 Å². The van der Waals surface area contributed by atoms with Crippen molar-refractivity contribution in [2.24, 2.45) is 10.2 Å². The number of amides is 2. The van der Waals surface area contributed by atoms with Crippen LogP contribution < -0.4 is 10.6 Å². The number of nitrogens with one attached hydrogen (secondary N) is 2. The lowest BCUT2D eigenvalue weighted by atomic mass is 10.0. The van der Waals surface area contributed by atoms with E-state index in [1.165, 1.54) is 17.3 Å². The molecule has 2 N–H and O–H groups in total. The van der Waals surface area contributed by atoms with Gasteiger partial charge < -0.3 is 10.6 Å². The summed E-state index contributed by atoms with van der Waals surface area (Å²) in [6.07, 6.45) is 4.39. The van der Waals surface area contributed by atoms with Crippen LogP contribution in [0.25, 0.3) is 0 Å². The third kappa shape index (κ3) is 4.94. The highest BCUT2D eigenvalue weighted by Gasteiger charge is 2.32. The Balaban J connectivity index is 1.53. The minimum absolute atomic E-state index is 0.109. The highest BCUT2D eigenvalue weighted by Crippen LogP contribution is 2.24. The van der Waals surface area contributed by atoms with E-state index in [1.54, 1.807) is 0 Å². The smallest absolute Gasteiger partial charge is 0.240 e. The molecule has 1 saturated heterocycles. The fraction of sp³-hybridized carbons (Fsp3) is 0.474. The van der Waals surface area contributed by atoms with Crippen molar-refractivity contribution in [1.29, 1.82) is 0 Å². The second-order valence-corrected chi connectivity index (χ2v) is 8.09. The van der Waals surface area contributed by atoms with Gasteiger partial charge in [-0.2, -0.15) is 5.10 Å². The molecule has 7 heteroatoms. The summed E-state index contributed by atoms with van der Waals surface area (Å²) in [6.45, 7) is 4.25. The van der Waals surface area contributed by atoms with Crippen LogP contribution in [0, 0.1) is 0 Å². The van der Waals surface area contributed by atoms with Crippen molar-refractivity contribution < 1.29 is 9.59 Å². The number of hydrogen-bond donors (Lipinski definition) is 2. The zero-order valence-electron chi connectivity index (χ0n) is 15.1. The van der Waals surface area contributed by atoms with Gasteiger partial charge in [0.25, 0.3) is 0 Å². The van der Waals surface area contributed by atoms with E-state index >= 15 is 0 Å². The molecule has 0 radical (unpaired) electrons. The number of hydrogen-bond acceptors (Lipinski definition) is 5. The fourth-order valence-corrected chi connectivity index (χ4v) is 3.84. The summed E-state index contributed by atoms with van der Waals surface area (Å²) in [5.41, 5.74) is 3.04. The van der Waals surface area contributed by atoms with E-state index in [1.807, 2.05) is 24.3 Å². The molecule has 0 spiro atoms. The molecule has 0 aromatic heterocycles. The summed E-state index contributed by atoms with van der Waals surface area (Å²) in [4.78, 5) is 24.3. The molecular weight excluding hydrogens is 348 g/mol. The van der Waals surface area contributed by atoms with Crippen LogP contribution in [-0.4, -0.2) is 27.9 Å². The molecule has 3 rings (SSSR count). The number of nitrogens with zero attached hydrogens (tertiary/aromatic N) is 2. The average molecular weight is 372 g/mol. The van der Waals surface area contributed by atoms with Gasteiger partial charge in [0, 0.05) is 17.8 Å². The average Bonchev–Trinajstić information content (AvgIpc) is 3.23. The molecule has 1 heterocycles. The summed E-state index contributed by atoms with van der Waals surface area (Å²) in [5.74, 6) is 0.0767. The van der Waals surface area contributed by atoms with Crippen molar-refractivity contribution in [1.82, 2.24) is 5.32 Å². The quantitative estimate of drug-likeness (QED) is 0.774. The summed E-state index contributed by atoms with van der Waals surface area (Å²) in [6, 6.07) is 7.79. The van der Waals surface area contributed by atoms with Crippen molar-refractivity contribution in [3.05, 3.63) is 29.8 Å². The van der Waals surface area contributed by atoms with Crippen LogP contribution in [0.4, 0.5) is 5.69 Å². The van der Waals surface area contributed by atoms with Crippen molar-refractivity contribution in [3.8, 4) is 0 Å². The summed E-state index contributed by atoms with van der Waals surface area (Å²) < 4.78 is 0. The van der Waals surface area contributed by atoms with Crippen molar-refractivity contribution >= 4 is 40.1 Å². The Morgan fingerprint density at radius 2 is 1.92 bits per heavy atom. The van der Waals surface area contributed by atoms with Gasteiger partial charge in [-0.3, -0.25) is 9.59 Å². The first-order valence-electron chi connectivity index (χ1n) is 9.02. The number of rotatable bonds is 5. The third-order valence-corrected chi connectivity index (χ3v) is 5.54. The molecule has 2 fully saturated rings. The van der Waals surface area contributed by atoms with Crippen LogP contribution in [0.5, 0.6) is 0 Å². The van der Waals surface area contributed by atoms with Crippen molar-refractivity contribution in [2.75, 3.05) is 5.32 Å². The Labute approximate surface area is 157 Å². The molecule has 0 bridgehead atoms. The van der Waals surface area contributed by atoms with Gasteiger partial charge in [0.1, 0.15) is 5.25 Å². The molecule has 1 aliphatic heterocycles. The molecular formula is C19H24N4O2S. The Hall–Kier alpha value is -2.15. The van der Waals surface area contributed by atoms with E-state index in [2.05, 4.69) is 34.7 Å². The van der Waals surface area contributed by atoms with Crippen LogP contribution in [0.1, 0.15) is 57.4 Å². The molecule has 2 aliphatic rings. The monoisotopic (exact) mass is 372 g/mol. The molecule has 2 amide bonds. The van der Waals surface area contributed by atoms with Gasteiger partial charge in [0.2, 0.25) is 11.8 Å². The van der Waals surface area contributed by atoms with E-state index in [0.29, 0.717) is 11.1 Å². The molecule has 1 aliphatic carbocycles. The summed E-state index contributed by atoms with van der Waals surface area (Å²) in [7, 11) is 0. The van der Waals surface area contributed by atoms with Crippen LogP contribution >= 0.6 is 11.8 Å². The maximum Gasteiger partial charge on any atom is 0.240 e. The number of carbonyl (C=O) groups excluding carboxylic acids is 2. The van der Waals surface area contributed by atoms with Gasteiger partial charge in [-0.15, -0.1) is 5.10 Å². The predicted octanol–water partition coefficient (Wildman–Crippen LogP) is 3.66. The molecule has 0 unspecified atom stereocenters. The first-order chi connectivity index (χ1) is 12.5. The predicted molar refractivity (Wildman–Crippen MR) is 107 cm³/mol. The van der Waals surface area contributed by atoms with Gasteiger partial charge in [-0.25, -0.2) is 0 Å². The Bertz CT molecular complexity index is 732. The summed E-state index contributed by atoms with van der Waals surface area (Å²) >= 11 is 1.27. The van der Waals surface area contributed by atoms with Crippen molar-refractivity contribution in [3.63, 3.8) is 0 Å². The molecule has 1 aromatic carbocycles. The molecule has 1 aromatic rings. The lowest BCUT2D eigenvalue weighted by Gasteiger charge is -2.09. The van der Waals surface area contributed by atoms with Crippen LogP contribution in [0.15, 0.2) is 34.5 Å². The summed E-state index contributed by atoms with van der Waals surface area (Å²) in [5, 5.41) is 13.9. The Morgan fingerprint density at radius 1 is 1.23 bits per heavy atom. The molecule has 26 heavy (non-hydrogen) atoms. The zero-order valence-corrected chi connectivity index (χ0v) is 15.9. The van der Waals surface area contributed by atoms with Gasteiger partial charge in [-0.1, -0.05) is 37.7 Å². The standard InChI is InChI=1S/C19H24N4O2S/c1-12(2)13-7-9-14(10-8-13)20-17(24)11-16-18(25)21-19(26-16)23-22-15-5-3-4-6-15/h7-10,12,16H,3-6,11H2,1-2H3,(H,20,24)(H,21,23,25)/t16-/m1/s1. The second kappa shape index (κ2) is 8.49. The Morgan fingerprint density at radius 3 is 2.58 bits per heavy atom. The van der Waals surface area contributed by atoms with Gasteiger partial charge in [0.15, 0.2) is 5.17 Å². The maximum absolute atomic E-state index is 12.2. The van der Waals surface area contributed by atoms with Gasteiger partial charge in [-0.05, 0) is 49.3 Å². The zero-order chi connectivity index (χ0) is 18.5. The molecule has 138 valence electrons. The topological polar surface area (TPSA) is 82.9 Å². The van der Waals surface area contributed by atoms with E-state index in [4.69, 9.17) is 0 Å². The van der Waals surface area contributed by atoms with Crippen LogP contribution in [0.2, 0.25) is 0 Å². The molecule has 1 saturated carbocycles. The first kappa shape index (κ1) is 18.6. The Kier molecular flexibility index (Phi) is 6.08. The second-order valence-electron chi connectivity index (χ2n) is 6.90. The number of amidine groups is 1. The van der Waals surface area contributed by atoms with E-state index in [9.17, 15) is 9.59 Å². The van der Waals surface area contributed by atoms with Crippen molar-refractivity contribution in [2.45, 2.75) is 57.1 Å². The number of benzene rings is 1. The first-order valence-corrected chi connectivity index (χ1v) is 9.90. The molecule has 6 nitrogen and oxygen atoms in total. The van der Waals surface area contributed by atoms with E-state index in [-0.39, 0.29) is 18.2 Å². The van der Waals surface area contributed by atoms with E-state index in [0.717, 1.165) is 37.1 Å². The lowest BCUT2D eigenvalue weighted by Crippen LogP contribution is -2.28.